The van der Waals surface area contributed by atoms with Crippen LogP contribution >= 0.6 is 11.3 Å². The van der Waals surface area contributed by atoms with Crippen LogP contribution in [0.5, 0.6) is 0 Å². The summed E-state index contributed by atoms with van der Waals surface area (Å²) in [6, 6.07) is 15.1. The highest BCUT2D eigenvalue weighted by molar-refractivity contribution is 7.13. The Morgan fingerprint density at radius 1 is 1.16 bits per heavy atom. The highest BCUT2D eigenvalue weighted by Gasteiger charge is 2.13. The first kappa shape index (κ1) is 22.1. The van der Waals surface area contributed by atoms with Gasteiger partial charge in [-0.15, -0.1) is 11.3 Å². The normalized spacial score (nSPS) is 14.2. The standard InChI is InChI=1S/C24H25N3O4S/c1-30-24(29)19-6-3-7-20(13-19)25-22(28)14-21-16-32-23(26-21)18-5-2-4-17(12-18)15-27-8-10-31-11-9-27/h2-7,12-13,16H,8-11,14-15H2,1H3,(H,25,28). The van der Waals surface area contributed by atoms with Gasteiger partial charge in [-0.1, -0.05) is 24.3 Å². The zero-order valence-electron chi connectivity index (χ0n) is 17.9. The van der Waals surface area contributed by atoms with E-state index < -0.39 is 5.97 Å². The number of carbonyl (C=O) groups excluding carboxylic acids is 2. The Hall–Kier alpha value is -3.07. The molecule has 0 spiro atoms. The lowest BCUT2D eigenvalue weighted by Crippen LogP contribution is -2.35. The number of hydrogen-bond donors (Lipinski definition) is 1. The fourth-order valence-electron chi connectivity index (χ4n) is 3.55. The van der Waals surface area contributed by atoms with E-state index in [4.69, 9.17) is 9.47 Å². The van der Waals surface area contributed by atoms with E-state index in [0.717, 1.165) is 43.4 Å². The Morgan fingerprint density at radius 2 is 1.97 bits per heavy atom. The average molecular weight is 452 g/mol. The molecular formula is C24H25N3O4S. The van der Waals surface area contributed by atoms with E-state index in [2.05, 4.69) is 27.3 Å². The summed E-state index contributed by atoms with van der Waals surface area (Å²) in [5, 5.41) is 5.62. The number of amides is 1. The van der Waals surface area contributed by atoms with Crippen molar-refractivity contribution < 1.29 is 19.1 Å². The molecule has 7 nitrogen and oxygen atoms in total. The molecular weight excluding hydrogens is 426 g/mol. The van der Waals surface area contributed by atoms with Gasteiger partial charge in [-0.2, -0.15) is 0 Å². The first-order chi connectivity index (χ1) is 15.6. The molecule has 1 aromatic heterocycles. The zero-order chi connectivity index (χ0) is 22.3. The highest BCUT2D eigenvalue weighted by atomic mass is 32.1. The van der Waals surface area contributed by atoms with Crippen LogP contribution in [-0.2, 0) is 27.2 Å². The molecule has 0 saturated carbocycles. The van der Waals surface area contributed by atoms with E-state index in [9.17, 15) is 9.59 Å². The number of thiazole rings is 1. The topological polar surface area (TPSA) is 80.8 Å². The minimum atomic E-state index is -0.443. The van der Waals surface area contributed by atoms with Crippen LogP contribution in [-0.4, -0.2) is 55.2 Å². The molecule has 4 rings (SSSR count). The summed E-state index contributed by atoms with van der Waals surface area (Å²) >= 11 is 1.53. The maximum Gasteiger partial charge on any atom is 0.337 e. The summed E-state index contributed by atoms with van der Waals surface area (Å²) in [4.78, 5) is 31.2. The van der Waals surface area contributed by atoms with Crippen LogP contribution in [0, 0.1) is 0 Å². The van der Waals surface area contributed by atoms with Crippen molar-refractivity contribution in [2.75, 3.05) is 38.7 Å². The third kappa shape index (κ3) is 5.79. The molecule has 8 heteroatoms. The number of nitrogens with one attached hydrogen (secondary N) is 1. The number of ether oxygens (including phenoxy) is 2. The van der Waals surface area contributed by atoms with Crippen molar-refractivity contribution in [3.63, 3.8) is 0 Å². The number of hydrogen-bond acceptors (Lipinski definition) is 7. The molecule has 2 heterocycles. The third-order valence-corrected chi connectivity index (χ3v) is 6.08. The number of benzene rings is 2. The van der Waals surface area contributed by atoms with E-state index >= 15 is 0 Å². The molecule has 1 N–H and O–H groups in total. The molecule has 1 aliphatic rings. The molecule has 2 aromatic carbocycles. The predicted octanol–water partition coefficient (Wildman–Crippen LogP) is 3.61. The Labute approximate surface area is 191 Å². The highest BCUT2D eigenvalue weighted by Crippen LogP contribution is 2.25. The van der Waals surface area contributed by atoms with Gasteiger partial charge < -0.3 is 14.8 Å². The van der Waals surface area contributed by atoms with Crippen LogP contribution in [0.4, 0.5) is 5.69 Å². The number of nitrogens with zero attached hydrogens (tertiary/aromatic N) is 2. The number of esters is 1. The van der Waals surface area contributed by atoms with E-state index in [1.807, 2.05) is 17.5 Å². The van der Waals surface area contributed by atoms with Gasteiger partial charge in [-0.25, -0.2) is 9.78 Å². The van der Waals surface area contributed by atoms with Crippen molar-refractivity contribution in [2.24, 2.45) is 0 Å². The van der Waals surface area contributed by atoms with Gasteiger partial charge in [0.05, 0.1) is 38.0 Å². The lowest BCUT2D eigenvalue weighted by Gasteiger charge is -2.26. The number of carbonyl (C=O) groups is 2. The van der Waals surface area contributed by atoms with Crippen LogP contribution in [0.3, 0.4) is 0 Å². The minimum absolute atomic E-state index is 0.159. The molecule has 1 aliphatic heterocycles. The van der Waals surface area contributed by atoms with Gasteiger partial charge in [0.25, 0.3) is 0 Å². The summed E-state index contributed by atoms with van der Waals surface area (Å²) in [5.41, 5.74) is 3.94. The van der Waals surface area contributed by atoms with Gasteiger partial charge in [-0.3, -0.25) is 9.69 Å². The van der Waals surface area contributed by atoms with Crippen molar-refractivity contribution in [3.8, 4) is 10.6 Å². The van der Waals surface area contributed by atoms with Crippen molar-refractivity contribution in [1.29, 1.82) is 0 Å². The van der Waals surface area contributed by atoms with Crippen molar-refractivity contribution in [3.05, 3.63) is 70.7 Å². The molecule has 1 amide bonds. The predicted molar refractivity (Wildman–Crippen MR) is 124 cm³/mol. The molecule has 0 radical (unpaired) electrons. The lowest BCUT2D eigenvalue weighted by molar-refractivity contribution is -0.115. The van der Waals surface area contributed by atoms with Crippen molar-refractivity contribution >= 4 is 28.9 Å². The second kappa shape index (κ2) is 10.5. The molecule has 3 aromatic rings. The Morgan fingerprint density at radius 3 is 2.78 bits per heavy atom. The fourth-order valence-corrected chi connectivity index (χ4v) is 4.37. The van der Waals surface area contributed by atoms with Crippen LogP contribution in [0.1, 0.15) is 21.6 Å². The van der Waals surface area contributed by atoms with Crippen LogP contribution in [0.2, 0.25) is 0 Å². The van der Waals surface area contributed by atoms with E-state index in [1.165, 1.54) is 24.0 Å². The number of anilines is 1. The summed E-state index contributed by atoms with van der Waals surface area (Å²) < 4.78 is 10.1. The number of rotatable bonds is 7. The second-order valence-electron chi connectivity index (χ2n) is 7.53. The summed E-state index contributed by atoms with van der Waals surface area (Å²) in [7, 11) is 1.33. The largest absolute Gasteiger partial charge is 0.465 e. The summed E-state index contributed by atoms with van der Waals surface area (Å²) in [6.45, 7) is 4.35. The molecule has 32 heavy (non-hydrogen) atoms. The summed E-state index contributed by atoms with van der Waals surface area (Å²) in [6.07, 6.45) is 0.159. The van der Waals surface area contributed by atoms with E-state index in [0.29, 0.717) is 16.9 Å². The van der Waals surface area contributed by atoms with Crippen LogP contribution in [0.25, 0.3) is 10.6 Å². The maximum absolute atomic E-state index is 12.5. The number of aromatic nitrogens is 1. The Bertz CT molecular complexity index is 1090. The van der Waals surface area contributed by atoms with Gasteiger partial charge >= 0.3 is 5.97 Å². The van der Waals surface area contributed by atoms with Gasteiger partial charge in [0, 0.05) is 36.3 Å². The van der Waals surface area contributed by atoms with Gasteiger partial charge in [0.2, 0.25) is 5.91 Å². The molecule has 0 unspecified atom stereocenters. The number of methoxy groups -OCH3 is 1. The minimum Gasteiger partial charge on any atom is -0.465 e. The van der Waals surface area contributed by atoms with Gasteiger partial charge in [0.1, 0.15) is 5.01 Å². The first-order valence-electron chi connectivity index (χ1n) is 10.4. The maximum atomic E-state index is 12.5. The van der Waals surface area contributed by atoms with Crippen molar-refractivity contribution in [1.82, 2.24) is 9.88 Å². The van der Waals surface area contributed by atoms with Crippen LogP contribution < -0.4 is 5.32 Å². The average Bonchev–Trinajstić information content (AvgIpc) is 3.28. The van der Waals surface area contributed by atoms with E-state index in [1.54, 1.807) is 24.3 Å². The zero-order valence-corrected chi connectivity index (χ0v) is 18.7. The van der Waals surface area contributed by atoms with Crippen molar-refractivity contribution in [2.45, 2.75) is 13.0 Å². The molecule has 0 aliphatic carbocycles. The van der Waals surface area contributed by atoms with Crippen LogP contribution in [0.15, 0.2) is 53.9 Å². The smallest absolute Gasteiger partial charge is 0.337 e. The Kier molecular flexibility index (Phi) is 7.26. The molecule has 0 atom stereocenters. The van der Waals surface area contributed by atoms with Gasteiger partial charge in [-0.05, 0) is 29.8 Å². The molecule has 1 saturated heterocycles. The van der Waals surface area contributed by atoms with E-state index in [-0.39, 0.29) is 12.3 Å². The molecule has 166 valence electrons. The SMILES string of the molecule is COC(=O)c1cccc(NC(=O)Cc2csc(-c3cccc(CN4CCOCC4)c3)n2)c1. The monoisotopic (exact) mass is 451 g/mol. The molecule has 0 bridgehead atoms. The Balaban J connectivity index is 1.38. The van der Waals surface area contributed by atoms with Gasteiger partial charge in [0.15, 0.2) is 0 Å². The molecule has 1 fully saturated rings. The number of morpholine rings is 1. The first-order valence-corrected chi connectivity index (χ1v) is 11.3. The quantitative estimate of drug-likeness (QED) is 0.553. The summed E-state index contributed by atoms with van der Waals surface area (Å²) in [5.74, 6) is -0.633. The fraction of sp³-hybridized carbons (Fsp3) is 0.292. The lowest BCUT2D eigenvalue weighted by atomic mass is 10.1. The third-order valence-electron chi connectivity index (χ3n) is 5.14. The second-order valence-corrected chi connectivity index (χ2v) is 8.39.